The first-order valence-corrected chi connectivity index (χ1v) is 6.12. The molecule has 1 aromatic carbocycles. The first kappa shape index (κ1) is 13.0. The van der Waals surface area contributed by atoms with E-state index in [0.717, 1.165) is 11.3 Å². The van der Waals surface area contributed by atoms with Gasteiger partial charge in [-0.05, 0) is 12.1 Å². The predicted molar refractivity (Wildman–Crippen MR) is 70.0 cm³/mol. The number of rotatable bonds is 4. The molecule has 0 spiro atoms. The molecule has 0 aliphatic heterocycles. The zero-order chi connectivity index (χ0) is 13.8. The molecule has 0 atom stereocenters. The highest BCUT2D eigenvalue weighted by atomic mass is 32.1. The highest BCUT2D eigenvalue weighted by Gasteiger charge is 2.14. The van der Waals surface area contributed by atoms with Gasteiger partial charge < -0.3 is 15.2 Å². The number of carbonyl (C=O) groups is 2. The molecule has 0 unspecified atom stereocenters. The summed E-state index contributed by atoms with van der Waals surface area (Å²) in [5, 5.41) is 12.8. The van der Waals surface area contributed by atoms with E-state index in [9.17, 15) is 9.59 Å². The van der Waals surface area contributed by atoms with Crippen molar-refractivity contribution < 1.29 is 19.4 Å². The number of thiazole rings is 1. The molecule has 0 saturated carbocycles. The smallest absolute Gasteiger partial charge is 0.355 e. The van der Waals surface area contributed by atoms with Gasteiger partial charge in [-0.25, -0.2) is 9.78 Å². The van der Waals surface area contributed by atoms with Gasteiger partial charge in [-0.2, -0.15) is 0 Å². The van der Waals surface area contributed by atoms with Crippen LogP contribution in [-0.4, -0.2) is 29.1 Å². The van der Waals surface area contributed by atoms with E-state index in [1.807, 2.05) is 0 Å². The number of ether oxygens (including phenoxy) is 1. The number of aromatic nitrogens is 1. The van der Waals surface area contributed by atoms with Crippen LogP contribution in [0.2, 0.25) is 0 Å². The van der Waals surface area contributed by atoms with E-state index >= 15 is 0 Å². The maximum atomic E-state index is 11.9. The Kier molecular flexibility index (Phi) is 3.76. The number of nitrogens with zero attached hydrogens (tertiary/aromatic N) is 1. The number of aromatic carboxylic acids is 1. The monoisotopic (exact) mass is 278 g/mol. The van der Waals surface area contributed by atoms with Crippen molar-refractivity contribution in [1.82, 2.24) is 4.98 Å². The summed E-state index contributed by atoms with van der Waals surface area (Å²) < 4.78 is 5.04. The SMILES string of the molecule is COc1cccc(NC(=O)c2nc(C(=O)O)cs2)c1. The van der Waals surface area contributed by atoms with Gasteiger partial charge in [0.1, 0.15) is 5.75 Å². The van der Waals surface area contributed by atoms with Crippen LogP contribution in [0.1, 0.15) is 20.3 Å². The highest BCUT2D eigenvalue weighted by molar-refractivity contribution is 7.12. The predicted octanol–water partition coefficient (Wildman–Crippen LogP) is 2.10. The first-order valence-electron chi connectivity index (χ1n) is 5.24. The molecule has 19 heavy (non-hydrogen) atoms. The van der Waals surface area contributed by atoms with Gasteiger partial charge in [0, 0.05) is 17.1 Å². The van der Waals surface area contributed by atoms with Crippen molar-refractivity contribution in [3.8, 4) is 5.75 Å². The van der Waals surface area contributed by atoms with Gasteiger partial charge in [-0.15, -0.1) is 11.3 Å². The van der Waals surface area contributed by atoms with Crippen LogP contribution >= 0.6 is 11.3 Å². The van der Waals surface area contributed by atoms with E-state index in [2.05, 4.69) is 10.3 Å². The fraction of sp³-hybridized carbons (Fsp3) is 0.0833. The Morgan fingerprint density at radius 2 is 2.21 bits per heavy atom. The molecule has 1 amide bonds. The van der Waals surface area contributed by atoms with E-state index in [0.29, 0.717) is 11.4 Å². The molecule has 0 bridgehead atoms. The van der Waals surface area contributed by atoms with Gasteiger partial charge in [0.15, 0.2) is 10.7 Å². The summed E-state index contributed by atoms with van der Waals surface area (Å²) in [6, 6.07) is 6.84. The average Bonchev–Trinajstić information content (AvgIpc) is 2.89. The maximum absolute atomic E-state index is 11.9. The fourth-order valence-electron chi connectivity index (χ4n) is 1.36. The summed E-state index contributed by atoms with van der Waals surface area (Å²) in [6.45, 7) is 0. The van der Waals surface area contributed by atoms with Gasteiger partial charge in [0.25, 0.3) is 5.91 Å². The molecule has 7 heteroatoms. The third-order valence-electron chi connectivity index (χ3n) is 2.25. The number of benzene rings is 1. The number of nitrogens with one attached hydrogen (secondary N) is 1. The van der Waals surface area contributed by atoms with Crippen molar-refractivity contribution in [2.75, 3.05) is 12.4 Å². The molecule has 0 saturated heterocycles. The molecule has 0 aliphatic rings. The third kappa shape index (κ3) is 3.08. The Morgan fingerprint density at radius 3 is 2.84 bits per heavy atom. The second kappa shape index (κ2) is 5.49. The Balaban J connectivity index is 2.13. The Morgan fingerprint density at radius 1 is 1.42 bits per heavy atom. The molecule has 6 nitrogen and oxygen atoms in total. The lowest BCUT2D eigenvalue weighted by atomic mass is 10.3. The summed E-state index contributed by atoms with van der Waals surface area (Å²) in [5.74, 6) is -0.995. The summed E-state index contributed by atoms with van der Waals surface area (Å²) in [6.07, 6.45) is 0. The summed E-state index contributed by atoms with van der Waals surface area (Å²) >= 11 is 0.980. The van der Waals surface area contributed by atoms with Crippen LogP contribution < -0.4 is 10.1 Å². The van der Waals surface area contributed by atoms with Crippen LogP contribution in [-0.2, 0) is 0 Å². The molecule has 98 valence electrons. The van der Waals surface area contributed by atoms with Crippen molar-refractivity contribution in [3.05, 3.63) is 40.3 Å². The number of carboxylic acid groups (broad SMARTS) is 1. The number of hydrogen-bond donors (Lipinski definition) is 2. The van der Waals surface area contributed by atoms with Crippen LogP contribution in [0.25, 0.3) is 0 Å². The lowest BCUT2D eigenvalue weighted by molar-refractivity contribution is 0.0691. The molecular weight excluding hydrogens is 268 g/mol. The van der Waals surface area contributed by atoms with Gasteiger partial charge in [0.2, 0.25) is 0 Å². The Hall–Kier alpha value is -2.41. The normalized spacial score (nSPS) is 9.95. The number of amides is 1. The number of anilines is 1. The maximum Gasteiger partial charge on any atom is 0.355 e. The first-order chi connectivity index (χ1) is 9.10. The number of hydrogen-bond acceptors (Lipinski definition) is 5. The zero-order valence-electron chi connectivity index (χ0n) is 9.91. The summed E-state index contributed by atoms with van der Waals surface area (Å²) in [7, 11) is 1.53. The van der Waals surface area contributed by atoms with Crippen LogP contribution in [0, 0.1) is 0 Å². The second-order valence-corrected chi connectivity index (χ2v) is 4.39. The van der Waals surface area contributed by atoms with Crippen molar-refractivity contribution in [3.63, 3.8) is 0 Å². The average molecular weight is 278 g/mol. The lowest BCUT2D eigenvalue weighted by Crippen LogP contribution is -2.12. The molecule has 0 aliphatic carbocycles. The highest BCUT2D eigenvalue weighted by Crippen LogP contribution is 2.18. The Labute approximate surface area is 112 Å². The molecule has 2 rings (SSSR count). The minimum Gasteiger partial charge on any atom is -0.497 e. The van der Waals surface area contributed by atoms with Crippen LogP contribution in [0.5, 0.6) is 5.75 Å². The van der Waals surface area contributed by atoms with Gasteiger partial charge in [-0.1, -0.05) is 6.07 Å². The van der Waals surface area contributed by atoms with E-state index in [4.69, 9.17) is 9.84 Å². The van der Waals surface area contributed by atoms with E-state index in [1.54, 1.807) is 24.3 Å². The van der Waals surface area contributed by atoms with E-state index in [1.165, 1.54) is 12.5 Å². The lowest BCUT2D eigenvalue weighted by Gasteiger charge is -2.05. The van der Waals surface area contributed by atoms with Crippen LogP contribution in [0.15, 0.2) is 29.6 Å². The van der Waals surface area contributed by atoms with Crippen molar-refractivity contribution in [2.24, 2.45) is 0 Å². The van der Waals surface area contributed by atoms with E-state index in [-0.39, 0.29) is 10.7 Å². The molecule has 1 heterocycles. The molecule has 1 aromatic heterocycles. The second-order valence-electron chi connectivity index (χ2n) is 3.53. The number of methoxy groups -OCH3 is 1. The topological polar surface area (TPSA) is 88.5 Å². The van der Waals surface area contributed by atoms with Crippen molar-refractivity contribution in [1.29, 1.82) is 0 Å². The van der Waals surface area contributed by atoms with Gasteiger partial charge in [-0.3, -0.25) is 4.79 Å². The standard InChI is InChI=1S/C12H10N2O4S/c1-18-8-4-2-3-7(5-8)13-10(15)11-14-9(6-19-11)12(16)17/h2-6H,1H3,(H,13,15)(H,16,17). The number of carboxylic acids is 1. The van der Waals surface area contributed by atoms with Crippen LogP contribution in [0.4, 0.5) is 5.69 Å². The molecule has 0 radical (unpaired) electrons. The molecule has 0 fully saturated rings. The largest absolute Gasteiger partial charge is 0.497 e. The van der Waals surface area contributed by atoms with E-state index < -0.39 is 11.9 Å². The minimum absolute atomic E-state index is 0.0974. The van der Waals surface area contributed by atoms with Crippen LogP contribution in [0.3, 0.4) is 0 Å². The fourth-order valence-corrected chi connectivity index (χ4v) is 2.05. The van der Waals surface area contributed by atoms with Gasteiger partial charge >= 0.3 is 5.97 Å². The van der Waals surface area contributed by atoms with Crippen molar-refractivity contribution in [2.45, 2.75) is 0 Å². The summed E-state index contributed by atoms with van der Waals surface area (Å²) in [5.41, 5.74) is 0.414. The molecule has 2 aromatic rings. The quantitative estimate of drug-likeness (QED) is 0.894. The molecule has 2 N–H and O–H groups in total. The van der Waals surface area contributed by atoms with Crippen molar-refractivity contribution >= 4 is 28.9 Å². The summed E-state index contributed by atoms with van der Waals surface area (Å²) in [4.78, 5) is 26.3. The zero-order valence-corrected chi connectivity index (χ0v) is 10.7. The molecular formula is C12H10N2O4S. The number of carbonyl (C=O) groups excluding carboxylic acids is 1. The third-order valence-corrected chi connectivity index (χ3v) is 3.09. The minimum atomic E-state index is -1.16. The van der Waals surface area contributed by atoms with Gasteiger partial charge in [0.05, 0.1) is 7.11 Å². The Bertz CT molecular complexity index is 624.